The van der Waals surface area contributed by atoms with Gasteiger partial charge in [-0.15, -0.1) is 0 Å². The van der Waals surface area contributed by atoms with E-state index in [1.165, 1.54) is 48.5 Å². The van der Waals surface area contributed by atoms with Gasteiger partial charge in [-0.3, -0.25) is 0 Å². The maximum atomic E-state index is 11.7. The van der Waals surface area contributed by atoms with E-state index in [-0.39, 0.29) is 22.3 Å². The second kappa shape index (κ2) is 17.5. The zero-order chi connectivity index (χ0) is 42.5. The van der Waals surface area contributed by atoms with Crippen molar-refractivity contribution >= 4 is 23.9 Å². The summed E-state index contributed by atoms with van der Waals surface area (Å²) in [4.78, 5) is 64.2. The van der Waals surface area contributed by atoms with Gasteiger partial charge in [-0.1, -0.05) is 75.2 Å². The summed E-state index contributed by atoms with van der Waals surface area (Å²) in [5.74, 6) is -2.98. The van der Waals surface area contributed by atoms with Crippen molar-refractivity contribution in [1.82, 2.24) is 19.9 Å². The van der Waals surface area contributed by atoms with Gasteiger partial charge in [-0.2, -0.15) is 0 Å². The van der Waals surface area contributed by atoms with Gasteiger partial charge < -0.3 is 30.4 Å². The first-order valence-corrected chi connectivity index (χ1v) is 19.7. The summed E-state index contributed by atoms with van der Waals surface area (Å²) in [6.45, 7) is 4.24. The van der Waals surface area contributed by atoms with Crippen LogP contribution in [-0.2, 0) is 12.8 Å². The van der Waals surface area contributed by atoms with Crippen LogP contribution < -0.4 is 0 Å². The monoisotopic (exact) mass is 802 g/mol. The summed E-state index contributed by atoms with van der Waals surface area (Å²) in [5.41, 5.74) is 9.58. The molecular formula is C48H42N4O8. The molecule has 0 unspecified atom stereocenters. The molecule has 7 rings (SSSR count). The third-order valence-electron chi connectivity index (χ3n) is 10.5. The third-order valence-corrected chi connectivity index (χ3v) is 10.5. The molecule has 12 nitrogen and oxygen atoms in total. The first kappa shape index (κ1) is 40.6. The lowest BCUT2D eigenvalue weighted by Crippen LogP contribution is -2.00. The van der Waals surface area contributed by atoms with Crippen LogP contribution in [0.15, 0.2) is 109 Å². The van der Waals surface area contributed by atoms with E-state index in [0.717, 1.165) is 47.9 Å². The number of imidazole rings is 2. The topological polar surface area (TPSA) is 207 Å². The summed E-state index contributed by atoms with van der Waals surface area (Å²) >= 11 is 0. The zero-order valence-corrected chi connectivity index (χ0v) is 33.0. The van der Waals surface area contributed by atoms with Gasteiger partial charge >= 0.3 is 23.9 Å². The van der Waals surface area contributed by atoms with Crippen molar-refractivity contribution in [2.75, 3.05) is 0 Å². The number of benzene rings is 5. The molecule has 60 heavy (non-hydrogen) atoms. The number of nitrogens with zero attached hydrogens (tertiary/aromatic N) is 2. The van der Waals surface area contributed by atoms with Gasteiger partial charge in [-0.25, -0.2) is 29.1 Å². The summed E-state index contributed by atoms with van der Waals surface area (Å²) in [6, 6.07) is 30.3. The molecule has 0 radical (unpaired) electrons. The summed E-state index contributed by atoms with van der Waals surface area (Å²) < 4.78 is 0. The molecule has 2 aromatic heterocycles. The Morgan fingerprint density at radius 1 is 0.450 bits per heavy atom. The van der Waals surface area contributed by atoms with Crippen molar-refractivity contribution in [2.45, 2.75) is 52.4 Å². The molecule has 12 heteroatoms. The number of rotatable bonds is 16. The second-order valence-corrected chi connectivity index (χ2v) is 14.5. The highest BCUT2D eigenvalue weighted by Gasteiger charge is 2.23. The number of hydrogen-bond acceptors (Lipinski definition) is 6. The van der Waals surface area contributed by atoms with Crippen LogP contribution in [0.5, 0.6) is 0 Å². The van der Waals surface area contributed by atoms with E-state index in [2.05, 4.69) is 35.9 Å². The standard InChI is InChI=1S/C48H42N4O8/c1-3-5-7-35-25-38(44-51-41(29-13-21-33(22-14-29)47(57)58)42(52-44)30-15-23-34(24-16-30)48(59)60)36(8-6-4-2)26-37(35)43-49-39(27-9-17-31(18-10-27)45(53)54)40(50-43)28-11-19-32(20-12-28)46(55)56/h9-26H,3-8H2,1-2H3,(H,49,50)(H,51,52)(H,53,54)(H,55,56)(H,57,58)(H,59,60). The minimum atomic E-state index is -1.04. The number of hydrogen-bond donors (Lipinski definition) is 6. The maximum Gasteiger partial charge on any atom is 0.335 e. The Labute approximate surface area is 345 Å². The van der Waals surface area contributed by atoms with Crippen molar-refractivity contribution in [3.8, 4) is 67.8 Å². The first-order valence-electron chi connectivity index (χ1n) is 19.7. The van der Waals surface area contributed by atoms with Crippen LogP contribution in [0.1, 0.15) is 92.1 Å². The fourth-order valence-corrected chi connectivity index (χ4v) is 7.22. The maximum absolute atomic E-state index is 11.7. The number of carbonyl (C=O) groups is 4. The fourth-order valence-electron chi connectivity index (χ4n) is 7.22. The number of carboxylic acid groups (broad SMARTS) is 4. The number of carboxylic acids is 4. The van der Waals surface area contributed by atoms with Gasteiger partial charge in [0.25, 0.3) is 0 Å². The Kier molecular flexibility index (Phi) is 11.8. The Morgan fingerprint density at radius 2 is 0.733 bits per heavy atom. The van der Waals surface area contributed by atoms with Gasteiger partial charge in [-0.05, 0) is 97.5 Å². The van der Waals surface area contributed by atoms with Gasteiger partial charge in [0.15, 0.2) is 0 Å². The highest BCUT2D eigenvalue weighted by Crippen LogP contribution is 2.40. The van der Waals surface area contributed by atoms with Crippen LogP contribution in [0.25, 0.3) is 67.8 Å². The highest BCUT2D eigenvalue weighted by molar-refractivity contribution is 5.92. The molecule has 302 valence electrons. The van der Waals surface area contributed by atoms with Gasteiger partial charge in [0.2, 0.25) is 0 Å². The van der Waals surface area contributed by atoms with E-state index in [4.69, 9.17) is 9.97 Å². The average Bonchev–Trinajstić information content (AvgIpc) is 3.91. The predicted molar refractivity (Wildman–Crippen MR) is 228 cm³/mol. The van der Waals surface area contributed by atoms with Crippen molar-refractivity contribution in [2.24, 2.45) is 0 Å². The Bertz CT molecular complexity index is 2370. The fraction of sp³-hybridized carbons (Fsp3) is 0.167. The molecule has 0 atom stereocenters. The summed E-state index contributed by atoms with van der Waals surface area (Å²) in [5, 5.41) is 38.3. The van der Waals surface area contributed by atoms with Crippen LogP contribution in [-0.4, -0.2) is 64.2 Å². The van der Waals surface area contributed by atoms with Gasteiger partial charge in [0.1, 0.15) is 11.6 Å². The molecule has 0 fully saturated rings. The molecule has 0 spiro atoms. The van der Waals surface area contributed by atoms with Crippen molar-refractivity contribution in [3.05, 3.63) is 143 Å². The number of aromatic carboxylic acids is 4. The van der Waals surface area contributed by atoms with E-state index in [9.17, 15) is 39.6 Å². The van der Waals surface area contributed by atoms with E-state index in [0.29, 0.717) is 69.5 Å². The third kappa shape index (κ3) is 8.48. The lowest BCUT2D eigenvalue weighted by molar-refractivity contribution is 0.0686. The number of aromatic nitrogens is 4. The smallest absolute Gasteiger partial charge is 0.335 e. The molecule has 0 bridgehead atoms. The van der Waals surface area contributed by atoms with Crippen molar-refractivity contribution < 1.29 is 39.6 Å². The minimum Gasteiger partial charge on any atom is -0.478 e. The SMILES string of the molecule is CCCCc1cc(-c2nc(-c3ccc(C(=O)O)cc3)c(-c3ccc(C(=O)O)cc3)[nH]2)c(CCCC)cc1-c1nc(-c2ccc(C(=O)O)cc2)c(-c2ccc(C(=O)O)cc2)[nH]1. The van der Waals surface area contributed by atoms with Crippen LogP contribution >= 0.6 is 0 Å². The first-order chi connectivity index (χ1) is 28.9. The lowest BCUT2D eigenvalue weighted by atomic mass is 9.92. The molecule has 0 amide bonds. The van der Waals surface area contributed by atoms with E-state index < -0.39 is 23.9 Å². The number of aromatic amines is 2. The number of aryl methyl sites for hydroxylation is 2. The second-order valence-electron chi connectivity index (χ2n) is 14.5. The minimum absolute atomic E-state index is 0.138. The molecule has 0 saturated carbocycles. The quantitative estimate of drug-likeness (QED) is 0.0545. The molecule has 6 N–H and O–H groups in total. The molecule has 0 aliphatic heterocycles. The average molecular weight is 803 g/mol. The number of unbranched alkanes of at least 4 members (excludes halogenated alkanes) is 2. The number of H-pyrrole nitrogens is 2. The van der Waals surface area contributed by atoms with E-state index in [1.807, 2.05) is 0 Å². The highest BCUT2D eigenvalue weighted by atomic mass is 16.4. The Hall–Kier alpha value is -7.60. The zero-order valence-electron chi connectivity index (χ0n) is 33.0. The lowest BCUT2D eigenvalue weighted by Gasteiger charge is -2.15. The summed E-state index contributed by atoms with van der Waals surface area (Å²) in [6.07, 6.45) is 5.06. The van der Waals surface area contributed by atoms with E-state index >= 15 is 0 Å². The molecule has 0 aliphatic rings. The largest absolute Gasteiger partial charge is 0.478 e. The van der Waals surface area contributed by atoms with Crippen molar-refractivity contribution in [3.63, 3.8) is 0 Å². The molecule has 2 heterocycles. The van der Waals surface area contributed by atoms with Gasteiger partial charge in [0, 0.05) is 33.4 Å². The molecule has 0 aliphatic carbocycles. The van der Waals surface area contributed by atoms with Crippen LogP contribution in [0.2, 0.25) is 0 Å². The number of nitrogens with one attached hydrogen (secondary N) is 2. The molecule has 0 saturated heterocycles. The Balaban J connectivity index is 1.42. The van der Waals surface area contributed by atoms with Crippen LogP contribution in [0, 0.1) is 0 Å². The normalized spacial score (nSPS) is 11.1. The Morgan fingerprint density at radius 3 is 1.00 bits per heavy atom. The summed E-state index contributed by atoms with van der Waals surface area (Å²) in [7, 11) is 0. The predicted octanol–water partition coefficient (Wildman–Crippen LogP) is 10.6. The van der Waals surface area contributed by atoms with E-state index in [1.54, 1.807) is 48.5 Å². The molecular weight excluding hydrogens is 761 g/mol. The van der Waals surface area contributed by atoms with Crippen LogP contribution in [0.3, 0.4) is 0 Å². The molecule has 7 aromatic rings. The van der Waals surface area contributed by atoms with Crippen LogP contribution in [0.4, 0.5) is 0 Å². The van der Waals surface area contributed by atoms with Gasteiger partial charge in [0.05, 0.1) is 45.0 Å². The molecule has 5 aromatic carbocycles. The van der Waals surface area contributed by atoms with Crippen molar-refractivity contribution in [1.29, 1.82) is 0 Å².